The number of thiazole rings is 1. The summed E-state index contributed by atoms with van der Waals surface area (Å²) in [6.07, 6.45) is 2.22. The number of ether oxygens (including phenoxy) is 1. The molecule has 11 heteroatoms. The quantitative estimate of drug-likeness (QED) is 0.234. The van der Waals surface area contributed by atoms with Crippen molar-refractivity contribution in [3.05, 3.63) is 82.5 Å². The summed E-state index contributed by atoms with van der Waals surface area (Å²) in [6.45, 7) is 9.22. The van der Waals surface area contributed by atoms with E-state index in [2.05, 4.69) is 15.3 Å². The van der Waals surface area contributed by atoms with E-state index in [0.717, 1.165) is 39.0 Å². The highest BCUT2D eigenvalue weighted by Gasteiger charge is 2.27. The zero-order valence-electron chi connectivity index (χ0n) is 24.6. The zero-order chi connectivity index (χ0) is 30.5. The Bertz CT molecular complexity index is 1890. The van der Waals surface area contributed by atoms with Gasteiger partial charge in [0, 0.05) is 41.6 Å². The summed E-state index contributed by atoms with van der Waals surface area (Å²) < 4.78 is 12.6. The summed E-state index contributed by atoms with van der Waals surface area (Å²) in [7, 11) is 0. The van der Waals surface area contributed by atoms with Crippen molar-refractivity contribution < 1.29 is 23.5 Å². The molecule has 1 aliphatic heterocycles. The van der Waals surface area contributed by atoms with Crippen molar-refractivity contribution in [1.29, 1.82) is 0 Å². The number of amides is 2. The van der Waals surface area contributed by atoms with Crippen molar-refractivity contribution in [3.8, 4) is 11.3 Å². The van der Waals surface area contributed by atoms with Gasteiger partial charge in [0.15, 0.2) is 11.0 Å². The number of para-hydroxylation sites is 1. The average molecular weight is 598 g/mol. The van der Waals surface area contributed by atoms with Crippen LogP contribution in [0.2, 0.25) is 0 Å². The van der Waals surface area contributed by atoms with Gasteiger partial charge in [-0.3, -0.25) is 19.5 Å². The highest BCUT2D eigenvalue weighted by Crippen LogP contribution is 2.35. The Morgan fingerprint density at radius 2 is 1.91 bits per heavy atom. The molecule has 6 rings (SSSR count). The number of rotatable bonds is 5. The van der Waals surface area contributed by atoms with Crippen LogP contribution in [0.5, 0.6) is 0 Å². The minimum absolute atomic E-state index is 0.0178. The molecule has 2 aromatic carbocycles. The molecule has 1 N–H and O–H groups in total. The Morgan fingerprint density at radius 3 is 2.65 bits per heavy atom. The summed E-state index contributed by atoms with van der Waals surface area (Å²) >= 11 is 1.32. The minimum atomic E-state index is -0.638. The molecule has 0 unspecified atom stereocenters. The summed E-state index contributed by atoms with van der Waals surface area (Å²) in [5.41, 5.74) is 4.91. The predicted molar refractivity (Wildman–Crippen MR) is 165 cm³/mol. The van der Waals surface area contributed by atoms with Crippen molar-refractivity contribution in [2.45, 2.75) is 59.6 Å². The molecule has 0 aliphatic carbocycles. The minimum Gasteiger partial charge on any atom is -0.443 e. The van der Waals surface area contributed by atoms with Crippen molar-refractivity contribution in [2.75, 3.05) is 10.2 Å². The fourth-order valence-corrected chi connectivity index (χ4v) is 6.00. The second kappa shape index (κ2) is 10.8. The number of benzene rings is 2. The normalized spacial score (nSPS) is 13.3. The molecule has 1 aliphatic rings. The molecule has 4 heterocycles. The van der Waals surface area contributed by atoms with Crippen molar-refractivity contribution in [3.63, 3.8) is 0 Å². The first kappa shape index (κ1) is 28.4. The molecule has 0 atom stereocenters. The lowest BCUT2D eigenvalue weighted by Gasteiger charge is -2.30. The maximum absolute atomic E-state index is 13.2. The van der Waals surface area contributed by atoms with Gasteiger partial charge in [-0.15, -0.1) is 11.3 Å². The third-order valence-electron chi connectivity index (χ3n) is 7.12. The van der Waals surface area contributed by atoms with E-state index in [0.29, 0.717) is 36.1 Å². The van der Waals surface area contributed by atoms with Crippen LogP contribution in [-0.2, 0) is 22.5 Å². The number of nitrogens with zero attached hydrogens (tertiary/aromatic N) is 4. The number of oxazole rings is 1. The topological polar surface area (TPSA) is 120 Å². The van der Waals surface area contributed by atoms with Gasteiger partial charge in [0.2, 0.25) is 11.7 Å². The maximum atomic E-state index is 13.2. The third-order valence-corrected chi connectivity index (χ3v) is 7.88. The highest BCUT2D eigenvalue weighted by molar-refractivity contribution is 7.14. The number of aromatic nitrogens is 3. The second-order valence-electron chi connectivity index (χ2n) is 11.5. The smallest absolute Gasteiger partial charge is 0.419 e. The van der Waals surface area contributed by atoms with E-state index in [4.69, 9.17) is 9.15 Å². The average Bonchev–Trinajstić information content (AvgIpc) is 3.67. The van der Waals surface area contributed by atoms with Gasteiger partial charge in [0.05, 0.1) is 23.4 Å². The van der Waals surface area contributed by atoms with Gasteiger partial charge in [-0.2, -0.15) is 0 Å². The van der Waals surface area contributed by atoms with E-state index in [1.807, 2.05) is 68.6 Å². The molecule has 0 bridgehead atoms. The Balaban J connectivity index is 1.26. The van der Waals surface area contributed by atoms with Gasteiger partial charge in [0.25, 0.3) is 5.91 Å². The number of hydrogen-bond donors (Lipinski definition) is 1. The molecule has 0 spiro atoms. The molecular formula is C32H31N5O5S. The largest absolute Gasteiger partial charge is 0.443 e. The lowest BCUT2D eigenvalue weighted by Crippen LogP contribution is -2.34. The van der Waals surface area contributed by atoms with Crippen LogP contribution in [0.4, 0.5) is 15.6 Å². The fourth-order valence-electron chi connectivity index (χ4n) is 5.28. The Kier molecular flexibility index (Phi) is 7.13. The number of hydrogen-bond acceptors (Lipinski definition) is 8. The summed E-state index contributed by atoms with van der Waals surface area (Å²) in [5.74, 6) is 0.218. The summed E-state index contributed by atoms with van der Waals surface area (Å²) in [6, 6.07) is 13.6. The van der Waals surface area contributed by atoms with Gasteiger partial charge in [-0.05, 0) is 63.4 Å². The van der Waals surface area contributed by atoms with Gasteiger partial charge < -0.3 is 14.1 Å². The van der Waals surface area contributed by atoms with E-state index in [1.54, 1.807) is 24.9 Å². The first-order valence-electron chi connectivity index (χ1n) is 13.9. The monoisotopic (exact) mass is 597 g/mol. The van der Waals surface area contributed by atoms with E-state index in [9.17, 15) is 14.4 Å². The van der Waals surface area contributed by atoms with Crippen LogP contribution < -0.4 is 10.2 Å². The van der Waals surface area contributed by atoms with Crippen molar-refractivity contribution in [2.24, 2.45) is 0 Å². The van der Waals surface area contributed by atoms with Gasteiger partial charge in [0.1, 0.15) is 5.60 Å². The molecule has 3 aromatic heterocycles. The van der Waals surface area contributed by atoms with Gasteiger partial charge in [-0.25, -0.2) is 14.8 Å². The molecule has 10 nitrogen and oxygen atoms in total. The van der Waals surface area contributed by atoms with Crippen molar-refractivity contribution in [1.82, 2.24) is 14.5 Å². The number of anilines is 2. The first-order chi connectivity index (χ1) is 20.5. The molecule has 0 saturated heterocycles. The number of aryl methyl sites for hydroxylation is 3. The Morgan fingerprint density at radius 1 is 1.09 bits per heavy atom. The summed E-state index contributed by atoms with van der Waals surface area (Å²) in [5, 5.41) is 6.01. The van der Waals surface area contributed by atoms with E-state index in [1.165, 1.54) is 15.9 Å². The molecular weight excluding hydrogens is 566 g/mol. The van der Waals surface area contributed by atoms with Gasteiger partial charge >= 0.3 is 6.09 Å². The third kappa shape index (κ3) is 5.68. The molecule has 43 heavy (non-hydrogen) atoms. The number of carbonyl (C=O) groups excluding carboxylic acids is 3. The Labute approximate surface area is 252 Å². The zero-order valence-corrected chi connectivity index (χ0v) is 25.4. The fraction of sp³-hybridized carbons (Fsp3) is 0.281. The number of nitrogens with one attached hydrogen (secondary N) is 1. The molecule has 220 valence electrons. The first-order valence-corrected chi connectivity index (χ1v) is 14.8. The van der Waals surface area contributed by atoms with Crippen LogP contribution in [0.25, 0.3) is 22.2 Å². The Hall–Kier alpha value is -4.77. The second-order valence-corrected chi connectivity index (χ2v) is 12.3. The maximum Gasteiger partial charge on any atom is 0.419 e. The standard InChI is InChI=1S/C32H31N5O5S/c1-18-28(41-19(2)33-18)29(39)35-30-34-24(17-43-30)21-9-11-25-22(15-21)10-12-26(38)37(25)16-23-8-6-7-20-13-14-36(27(20)23)31(40)42-32(3,4)5/h6-9,11,13-15,17H,10,12,16H2,1-5H3,(H,34,35,39). The van der Waals surface area contributed by atoms with Crippen LogP contribution in [-0.4, -0.2) is 38.0 Å². The molecule has 0 radical (unpaired) electrons. The van der Waals surface area contributed by atoms with Crippen LogP contribution in [0.1, 0.15) is 60.5 Å². The van der Waals surface area contributed by atoms with Crippen LogP contribution >= 0.6 is 11.3 Å². The predicted octanol–water partition coefficient (Wildman–Crippen LogP) is 6.88. The number of carbonyl (C=O) groups is 3. The lowest BCUT2D eigenvalue weighted by atomic mass is 9.97. The van der Waals surface area contributed by atoms with Crippen LogP contribution in [0, 0.1) is 13.8 Å². The van der Waals surface area contributed by atoms with Crippen LogP contribution in [0.15, 0.2) is 58.5 Å². The molecule has 0 fully saturated rings. The lowest BCUT2D eigenvalue weighted by molar-refractivity contribution is -0.119. The number of fused-ring (bicyclic) bond motifs is 2. The van der Waals surface area contributed by atoms with Crippen LogP contribution in [0.3, 0.4) is 0 Å². The van der Waals surface area contributed by atoms with E-state index < -0.39 is 17.6 Å². The highest BCUT2D eigenvalue weighted by atomic mass is 32.1. The van der Waals surface area contributed by atoms with Gasteiger partial charge in [-0.1, -0.05) is 24.3 Å². The molecule has 5 aromatic rings. The van der Waals surface area contributed by atoms with E-state index in [-0.39, 0.29) is 11.7 Å². The SMILES string of the molecule is Cc1nc(C)c(C(=O)Nc2nc(-c3ccc4c(c3)CCC(=O)N4Cc3cccc4ccn(C(=O)OC(C)(C)C)c34)cs2)o1. The van der Waals surface area contributed by atoms with E-state index >= 15 is 0 Å². The van der Waals surface area contributed by atoms with Crippen molar-refractivity contribution >= 4 is 51.0 Å². The molecule has 0 saturated carbocycles. The molecule has 2 amide bonds. The summed E-state index contributed by atoms with van der Waals surface area (Å²) in [4.78, 5) is 49.4.